The molecule has 8 fully saturated rings. The second kappa shape index (κ2) is 22.4. The summed E-state index contributed by atoms with van der Waals surface area (Å²) in [5, 5.41) is 140. The van der Waals surface area contributed by atoms with Gasteiger partial charge in [-0.1, -0.05) is 54.5 Å². The summed E-state index contributed by atoms with van der Waals surface area (Å²) in [5.41, 5.74) is -2.45. The minimum absolute atomic E-state index is 0.0305. The average Bonchev–Trinajstić information content (AvgIpc) is 3.40. The van der Waals surface area contributed by atoms with Crippen molar-refractivity contribution < 1.29 is 123 Å². The Hall–Kier alpha value is -2.45. The van der Waals surface area contributed by atoms with Crippen molar-refractivity contribution in [3.63, 3.8) is 0 Å². The first-order chi connectivity index (χ1) is 37.4. The molecule has 0 spiro atoms. The third kappa shape index (κ3) is 10.1. The molecule has 4 aliphatic heterocycles. The Morgan fingerprint density at radius 2 is 1.10 bits per heavy atom. The number of aliphatic hydroxyl groups excluding tert-OH is 12. The number of Topliss-reactive ketones (excluding diaryl/α,β-unsaturated/α-hetero) is 1. The molecule has 0 unspecified atom stereocenters. The molecule has 0 bridgehead atoms. The summed E-state index contributed by atoms with van der Waals surface area (Å²) in [7, 11) is 0. The van der Waals surface area contributed by atoms with E-state index < -0.39 is 188 Å². The van der Waals surface area contributed by atoms with Gasteiger partial charge >= 0.3 is 11.9 Å². The monoisotopic (exact) mass is 1150 g/mol. The van der Waals surface area contributed by atoms with Crippen molar-refractivity contribution in [2.24, 2.45) is 44.8 Å². The number of carboxylic acid groups (broad SMARTS) is 1. The van der Waals surface area contributed by atoms with E-state index in [-0.39, 0.29) is 28.4 Å². The Morgan fingerprint density at radius 3 is 1.64 bits per heavy atom. The third-order valence-electron chi connectivity index (χ3n) is 21.0. The van der Waals surface area contributed by atoms with Crippen molar-refractivity contribution in [1.29, 1.82) is 0 Å². The molecule has 9 rings (SSSR count). The number of esters is 1. The number of carboxylic acids is 1. The Bertz CT molecular complexity index is 2300. The topological polar surface area (TPSA) is 397 Å². The second-order valence-electron chi connectivity index (χ2n) is 26.5. The first kappa shape index (κ1) is 62.1. The van der Waals surface area contributed by atoms with Crippen LogP contribution in [0, 0.1) is 44.8 Å². The maximum absolute atomic E-state index is 14.6. The van der Waals surface area contributed by atoms with E-state index in [0.717, 1.165) is 12.0 Å². The van der Waals surface area contributed by atoms with Gasteiger partial charge in [-0.15, -0.1) is 0 Å². The van der Waals surface area contributed by atoms with Gasteiger partial charge in [-0.2, -0.15) is 0 Å². The molecule has 25 nitrogen and oxygen atoms in total. The van der Waals surface area contributed by atoms with Crippen LogP contribution < -0.4 is 0 Å². The minimum Gasteiger partial charge on any atom is -0.479 e. The van der Waals surface area contributed by atoms with Crippen molar-refractivity contribution in [3.05, 3.63) is 11.6 Å². The minimum atomic E-state index is -2.23. The SMILES string of the molecule is CC(=O)O[C@@]12CC(C)(C)CC[C@@H]1C(=O)C[C@]1(C)C2=CC[C@@H]2[C@@]3(C)CC[C@H](O[C@@H]4O[C@H](C(=O)O)[C@@H](O[C@@H]5O[C@H](CO)[C@H](O)[C@H](O)[C@H]5O[C@@H]5O[C@H](CO)[C@@H](O)[C@H](O)[C@H]5O)[C@H](O)[C@H]4O[C@@H]4O[C@H](CO)[C@H](O)[C@H](O)[C@H]4O)C(C)(C)[C@@H]3CC[C@]21C. The normalized spacial score (nSPS) is 51.9. The maximum atomic E-state index is 14.6. The van der Waals surface area contributed by atoms with Gasteiger partial charge < -0.3 is 109 Å². The number of hydrogen-bond donors (Lipinski definition) is 13. The van der Waals surface area contributed by atoms with Crippen molar-refractivity contribution in [1.82, 2.24) is 0 Å². The second-order valence-corrected chi connectivity index (χ2v) is 26.5. The lowest BCUT2D eigenvalue weighted by atomic mass is 9.34. The highest BCUT2D eigenvalue weighted by molar-refractivity contribution is 5.87. The zero-order chi connectivity index (χ0) is 58.7. The highest BCUT2D eigenvalue weighted by Gasteiger charge is 2.72. The highest BCUT2D eigenvalue weighted by Crippen LogP contribution is 2.75. The smallest absolute Gasteiger partial charge is 0.335 e. The first-order valence-electron chi connectivity index (χ1n) is 28.2. The van der Waals surface area contributed by atoms with Crippen LogP contribution in [0.5, 0.6) is 0 Å². The number of aliphatic hydroxyl groups is 12. The Morgan fingerprint density at radius 1 is 0.588 bits per heavy atom. The molecule has 25 heteroatoms. The Balaban J connectivity index is 1.02. The molecule has 456 valence electrons. The van der Waals surface area contributed by atoms with E-state index in [4.69, 9.17) is 42.6 Å². The lowest BCUT2D eigenvalue weighted by Gasteiger charge is -2.71. The molecular weight excluding hydrogens is 1060 g/mol. The van der Waals surface area contributed by atoms with Gasteiger partial charge in [-0.3, -0.25) is 9.59 Å². The van der Waals surface area contributed by atoms with E-state index in [2.05, 4.69) is 40.7 Å². The van der Waals surface area contributed by atoms with Gasteiger partial charge in [0.1, 0.15) is 103 Å². The number of aliphatic carboxylic acids is 1. The maximum Gasteiger partial charge on any atom is 0.335 e. The quantitative estimate of drug-likeness (QED) is 0.0541. The molecule has 80 heavy (non-hydrogen) atoms. The Kier molecular flexibility index (Phi) is 17.4. The summed E-state index contributed by atoms with van der Waals surface area (Å²) < 4.78 is 54.6. The van der Waals surface area contributed by atoms with Gasteiger partial charge in [-0.25, -0.2) is 4.79 Å². The molecule has 4 saturated carbocycles. The summed E-state index contributed by atoms with van der Waals surface area (Å²) in [6.07, 6.45) is -32.2. The molecule has 13 N–H and O–H groups in total. The summed E-state index contributed by atoms with van der Waals surface area (Å²) in [6, 6.07) is 0. The number of fused-ring (bicyclic) bond motifs is 7. The summed E-state index contributed by atoms with van der Waals surface area (Å²) in [4.78, 5) is 41.1. The van der Waals surface area contributed by atoms with Crippen LogP contribution in [0.25, 0.3) is 0 Å². The molecule has 0 amide bonds. The van der Waals surface area contributed by atoms with Crippen LogP contribution in [0.2, 0.25) is 0 Å². The van der Waals surface area contributed by atoms with Crippen LogP contribution in [0.1, 0.15) is 113 Å². The highest BCUT2D eigenvalue weighted by atomic mass is 16.8. The fourth-order valence-electron chi connectivity index (χ4n) is 16.7. The van der Waals surface area contributed by atoms with Crippen LogP contribution >= 0.6 is 0 Å². The van der Waals surface area contributed by atoms with Crippen LogP contribution in [-0.2, 0) is 57.0 Å². The fraction of sp³-hybridized carbons (Fsp3) is 0.909. The standard InChI is InChI=1S/C55H86O25/c1-22(59)80-55-21-50(2,3)14-11-23(55)24(60)17-54(8)30(55)10-9-29-52(6)15-13-31(51(4,5)28(52)12-16-53(29,54)7)75-49-43(78-47-39(68)36(65)33(62)26(19-57)73-47)40(69)41(44(79-49)45(70)71)76-48-42(37(66)34(63)27(20-58)74-48)77-46-38(67)35(64)32(61)25(18-56)72-46/h10,23,25-29,31-44,46-49,56-58,61-69H,9,11-21H2,1-8H3,(H,70,71)/t23-,25-,26-,27-,28+,29-,31+,32-,33+,34+,35+,36+,37+,38-,39-,40+,41+,42-,43-,44+,46+,47+,48+,49-,52+,53-,54-,55+/m1/s1. The first-order valence-corrected chi connectivity index (χ1v) is 28.2. The lowest BCUT2D eigenvalue weighted by molar-refractivity contribution is -0.401. The Labute approximate surface area is 464 Å². The molecule has 4 saturated heterocycles. The summed E-state index contributed by atoms with van der Waals surface area (Å²) >= 11 is 0. The number of ether oxygens (including phenoxy) is 9. The largest absolute Gasteiger partial charge is 0.479 e. The van der Waals surface area contributed by atoms with E-state index in [0.29, 0.717) is 51.4 Å². The predicted octanol–water partition coefficient (Wildman–Crippen LogP) is -1.97. The van der Waals surface area contributed by atoms with E-state index in [1.165, 1.54) is 6.92 Å². The van der Waals surface area contributed by atoms with Crippen LogP contribution in [0.4, 0.5) is 0 Å². The number of carbonyl (C=O) groups is 3. The van der Waals surface area contributed by atoms with Gasteiger partial charge in [0, 0.05) is 18.8 Å². The zero-order valence-corrected chi connectivity index (χ0v) is 46.6. The lowest BCUT2D eigenvalue weighted by Crippen LogP contribution is -2.69. The predicted molar refractivity (Wildman–Crippen MR) is 269 cm³/mol. The summed E-state index contributed by atoms with van der Waals surface area (Å²) in [6.45, 7) is 13.8. The number of ketones is 1. The fourth-order valence-corrected chi connectivity index (χ4v) is 16.7. The molecule has 0 radical (unpaired) electrons. The molecule has 28 atom stereocenters. The van der Waals surface area contributed by atoms with Gasteiger partial charge in [-0.05, 0) is 90.4 Å². The summed E-state index contributed by atoms with van der Waals surface area (Å²) in [5.74, 6) is -2.55. The van der Waals surface area contributed by atoms with E-state index in [9.17, 15) is 80.8 Å². The van der Waals surface area contributed by atoms with Crippen LogP contribution in [0.15, 0.2) is 11.6 Å². The molecule has 9 aliphatic rings. The molecule has 0 aromatic rings. The molecule has 0 aromatic carbocycles. The molecule has 4 heterocycles. The average molecular weight is 1150 g/mol. The molecule has 0 aromatic heterocycles. The van der Waals surface area contributed by atoms with Gasteiger partial charge in [0.25, 0.3) is 0 Å². The van der Waals surface area contributed by atoms with E-state index >= 15 is 0 Å². The van der Waals surface area contributed by atoms with Crippen molar-refractivity contribution in [2.75, 3.05) is 19.8 Å². The van der Waals surface area contributed by atoms with Gasteiger partial charge in [0.05, 0.1) is 31.8 Å². The zero-order valence-electron chi connectivity index (χ0n) is 46.6. The van der Waals surface area contributed by atoms with Crippen LogP contribution in [0.3, 0.4) is 0 Å². The molecule has 5 aliphatic carbocycles. The third-order valence-corrected chi connectivity index (χ3v) is 21.0. The van der Waals surface area contributed by atoms with E-state index in [1.807, 2.05) is 13.8 Å². The van der Waals surface area contributed by atoms with Crippen LogP contribution in [-0.4, -0.2) is 238 Å². The number of hydrogen-bond acceptors (Lipinski definition) is 24. The van der Waals surface area contributed by atoms with Crippen molar-refractivity contribution in [2.45, 2.75) is 248 Å². The van der Waals surface area contributed by atoms with Crippen molar-refractivity contribution in [3.8, 4) is 0 Å². The number of rotatable bonds is 13. The van der Waals surface area contributed by atoms with Crippen molar-refractivity contribution >= 4 is 17.7 Å². The number of allylic oxidation sites excluding steroid dienone is 1. The molecular formula is C55H86O25. The van der Waals surface area contributed by atoms with Gasteiger partial charge in [0.15, 0.2) is 31.3 Å². The van der Waals surface area contributed by atoms with E-state index in [1.54, 1.807) is 0 Å². The number of carbonyl (C=O) groups excluding carboxylic acids is 2. The van der Waals surface area contributed by atoms with Gasteiger partial charge in [0.2, 0.25) is 0 Å².